The van der Waals surface area contributed by atoms with E-state index >= 15 is 0 Å². The molecule has 3 rings (SSSR count). The average molecular weight is 479 g/mol. The molecule has 0 unspecified atom stereocenters. The second-order valence-corrected chi connectivity index (χ2v) is 7.25. The van der Waals surface area contributed by atoms with Crippen LogP contribution in [-0.4, -0.2) is 4.92 Å². The summed E-state index contributed by atoms with van der Waals surface area (Å²) >= 11 is 12.2. The van der Waals surface area contributed by atoms with Crippen LogP contribution in [0.25, 0.3) is 11.6 Å². The Hall–Kier alpha value is -3.54. The summed E-state index contributed by atoms with van der Waals surface area (Å²) < 4.78 is 44.0. The Bertz CT molecular complexity index is 1270. The molecule has 0 atom stereocenters. The molecule has 5 nitrogen and oxygen atoms in total. The zero-order valence-corrected chi connectivity index (χ0v) is 17.4. The van der Waals surface area contributed by atoms with Gasteiger partial charge in [-0.1, -0.05) is 41.4 Å². The average Bonchev–Trinajstić information content (AvgIpc) is 2.73. The number of nitrogens with zero attached hydrogens (tertiary/aromatic N) is 2. The Labute approximate surface area is 190 Å². The maximum absolute atomic E-state index is 12.9. The van der Waals surface area contributed by atoms with Crippen molar-refractivity contribution in [1.29, 1.82) is 5.26 Å². The highest BCUT2D eigenvalue weighted by Gasteiger charge is 2.33. The molecular weight excluding hydrogens is 468 g/mol. The van der Waals surface area contributed by atoms with E-state index in [0.29, 0.717) is 33.9 Å². The molecule has 0 aliphatic carbocycles. The third-order valence-corrected chi connectivity index (χ3v) is 4.76. The smallest absolute Gasteiger partial charge is 0.416 e. The molecule has 3 aromatic rings. The van der Waals surface area contributed by atoms with E-state index in [1.807, 2.05) is 0 Å². The summed E-state index contributed by atoms with van der Waals surface area (Å²) in [5.41, 5.74) is -0.589. The number of alkyl halides is 3. The summed E-state index contributed by atoms with van der Waals surface area (Å²) in [7, 11) is 0. The summed E-state index contributed by atoms with van der Waals surface area (Å²) in [6, 6.07) is 15.1. The van der Waals surface area contributed by atoms with Crippen molar-refractivity contribution in [2.45, 2.75) is 6.18 Å². The van der Waals surface area contributed by atoms with Gasteiger partial charge in [-0.2, -0.15) is 18.4 Å². The normalized spacial score (nSPS) is 11.7. The van der Waals surface area contributed by atoms with Crippen LogP contribution in [0.2, 0.25) is 10.0 Å². The molecule has 0 heterocycles. The van der Waals surface area contributed by atoms with Gasteiger partial charge in [0.05, 0.1) is 27.2 Å². The van der Waals surface area contributed by atoms with E-state index in [9.17, 15) is 28.5 Å². The Balaban J connectivity index is 1.92. The fourth-order valence-electron chi connectivity index (χ4n) is 2.73. The molecule has 0 aliphatic heterocycles. The van der Waals surface area contributed by atoms with Crippen molar-refractivity contribution in [3.05, 3.63) is 97.5 Å². The zero-order chi connectivity index (χ0) is 23.5. The SMILES string of the molecule is N#C/C(=C/c1ccc(Oc2ccc(C(F)(F)F)cc2[N+](=O)[O-])c(Cl)c1)c1cccc(Cl)c1. The highest BCUT2D eigenvalue weighted by Crippen LogP contribution is 2.39. The molecule has 0 aromatic heterocycles. The van der Waals surface area contributed by atoms with Crippen LogP contribution in [0.1, 0.15) is 16.7 Å². The minimum Gasteiger partial charge on any atom is -0.449 e. The van der Waals surface area contributed by atoms with Crippen LogP contribution < -0.4 is 4.74 Å². The number of nitriles is 1. The number of hydrogen-bond donors (Lipinski definition) is 0. The van der Waals surface area contributed by atoms with E-state index in [4.69, 9.17) is 27.9 Å². The van der Waals surface area contributed by atoms with E-state index < -0.39 is 28.1 Å². The van der Waals surface area contributed by atoms with Gasteiger partial charge in [0, 0.05) is 11.1 Å². The van der Waals surface area contributed by atoms with Crippen molar-refractivity contribution in [2.24, 2.45) is 0 Å². The minimum absolute atomic E-state index is 0.00654. The molecule has 0 spiro atoms. The van der Waals surface area contributed by atoms with Crippen LogP contribution in [0, 0.1) is 21.4 Å². The summed E-state index contributed by atoms with van der Waals surface area (Å²) in [5, 5.41) is 21.2. The first kappa shape index (κ1) is 23.1. The zero-order valence-electron chi connectivity index (χ0n) is 15.9. The van der Waals surface area contributed by atoms with Crippen LogP contribution >= 0.6 is 23.2 Å². The fraction of sp³-hybridized carbons (Fsp3) is 0.0455. The third kappa shape index (κ3) is 5.38. The summed E-state index contributed by atoms with van der Waals surface area (Å²) in [4.78, 5) is 10.2. The first-order chi connectivity index (χ1) is 15.1. The number of nitro benzene ring substituents is 1. The van der Waals surface area contributed by atoms with Gasteiger partial charge in [0.25, 0.3) is 0 Å². The number of allylic oxidation sites excluding steroid dienone is 1. The summed E-state index contributed by atoms with van der Waals surface area (Å²) in [6.07, 6.45) is -3.18. The van der Waals surface area contributed by atoms with Crippen LogP contribution in [0.15, 0.2) is 60.7 Å². The van der Waals surface area contributed by atoms with E-state index in [-0.39, 0.29) is 10.8 Å². The molecule has 0 fully saturated rings. The molecule has 0 amide bonds. The van der Waals surface area contributed by atoms with Crippen LogP contribution in [0.3, 0.4) is 0 Å². The van der Waals surface area contributed by atoms with Gasteiger partial charge in [-0.15, -0.1) is 0 Å². The predicted octanol–water partition coefficient (Wildman–Crippen LogP) is 7.78. The van der Waals surface area contributed by atoms with Crippen LogP contribution in [-0.2, 0) is 6.18 Å². The number of benzene rings is 3. The molecule has 0 N–H and O–H groups in total. The molecule has 10 heteroatoms. The van der Waals surface area contributed by atoms with Gasteiger partial charge in [0.15, 0.2) is 0 Å². The van der Waals surface area contributed by atoms with E-state index in [1.54, 1.807) is 36.4 Å². The maximum atomic E-state index is 12.9. The number of rotatable bonds is 5. The molecule has 0 saturated heterocycles. The molecule has 0 saturated carbocycles. The molecular formula is C22H11Cl2F3N2O3. The first-order valence-electron chi connectivity index (χ1n) is 8.79. The van der Waals surface area contributed by atoms with Gasteiger partial charge in [-0.05, 0) is 53.6 Å². The van der Waals surface area contributed by atoms with Crippen molar-refractivity contribution < 1.29 is 22.8 Å². The highest BCUT2D eigenvalue weighted by molar-refractivity contribution is 6.32. The summed E-state index contributed by atoms with van der Waals surface area (Å²) in [6.45, 7) is 0. The van der Waals surface area contributed by atoms with Crippen molar-refractivity contribution >= 4 is 40.5 Å². The van der Waals surface area contributed by atoms with Gasteiger partial charge in [-0.3, -0.25) is 10.1 Å². The Morgan fingerprint density at radius 1 is 1.06 bits per heavy atom. The lowest BCUT2D eigenvalue weighted by Gasteiger charge is -2.11. The highest BCUT2D eigenvalue weighted by atomic mass is 35.5. The number of hydrogen-bond acceptors (Lipinski definition) is 4. The van der Waals surface area contributed by atoms with Crippen molar-refractivity contribution in [3.8, 4) is 17.6 Å². The van der Waals surface area contributed by atoms with Gasteiger partial charge in [0.1, 0.15) is 5.75 Å². The van der Waals surface area contributed by atoms with Gasteiger partial charge in [-0.25, -0.2) is 0 Å². The van der Waals surface area contributed by atoms with E-state index in [0.717, 1.165) is 6.07 Å². The Morgan fingerprint density at radius 2 is 1.78 bits per heavy atom. The van der Waals surface area contributed by atoms with Gasteiger partial charge in [0.2, 0.25) is 5.75 Å². The largest absolute Gasteiger partial charge is 0.449 e. The maximum Gasteiger partial charge on any atom is 0.416 e. The van der Waals surface area contributed by atoms with E-state index in [1.165, 1.54) is 12.1 Å². The van der Waals surface area contributed by atoms with Gasteiger partial charge >= 0.3 is 11.9 Å². The monoisotopic (exact) mass is 478 g/mol. The quantitative estimate of drug-likeness (QED) is 0.162. The Kier molecular flexibility index (Phi) is 6.72. The van der Waals surface area contributed by atoms with Crippen LogP contribution in [0.4, 0.5) is 18.9 Å². The molecule has 32 heavy (non-hydrogen) atoms. The molecule has 0 radical (unpaired) electrons. The Morgan fingerprint density at radius 3 is 2.38 bits per heavy atom. The first-order valence-corrected chi connectivity index (χ1v) is 9.55. The number of nitro groups is 1. The third-order valence-electron chi connectivity index (χ3n) is 4.23. The lowest BCUT2D eigenvalue weighted by atomic mass is 10.0. The summed E-state index contributed by atoms with van der Waals surface area (Å²) in [5.74, 6) is -0.405. The molecule has 0 aliphatic rings. The van der Waals surface area contributed by atoms with Crippen molar-refractivity contribution in [3.63, 3.8) is 0 Å². The van der Waals surface area contributed by atoms with E-state index in [2.05, 4.69) is 6.07 Å². The van der Waals surface area contributed by atoms with Gasteiger partial charge < -0.3 is 4.74 Å². The fourth-order valence-corrected chi connectivity index (χ4v) is 3.15. The second-order valence-electron chi connectivity index (χ2n) is 6.41. The molecule has 0 bridgehead atoms. The number of ether oxygens (including phenoxy) is 1. The lowest BCUT2D eigenvalue weighted by molar-refractivity contribution is -0.385. The molecule has 162 valence electrons. The predicted molar refractivity (Wildman–Crippen MR) is 115 cm³/mol. The number of halogens is 5. The van der Waals surface area contributed by atoms with Crippen molar-refractivity contribution in [1.82, 2.24) is 0 Å². The lowest BCUT2D eigenvalue weighted by Crippen LogP contribution is -2.06. The topological polar surface area (TPSA) is 76.2 Å². The standard InChI is InChI=1S/C22H11Cl2F3N2O3/c23-17-3-1-2-14(10-17)15(12-28)8-13-4-6-20(18(24)9-13)32-21-7-5-16(22(25,26)27)11-19(21)29(30)31/h1-11H/b15-8-. The minimum atomic E-state index is -4.74. The molecule has 3 aromatic carbocycles. The van der Waals surface area contributed by atoms with Crippen LogP contribution in [0.5, 0.6) is 11.5 Å². The van der Waals surface area contributed by atoms with Crippen molar-refractivity contribution in [2.75, 3.05) is 0 Å². The second kappa shape index (κ2) is 9.30.